The number of aryl methyl sites for hydroxylation is 1. The molecule has 1 saturated heterocycles. The molecule has 144 valence electrons. The first-order valence-electron chi connectivity index (χ1n) is 9.08. The SMILES string of the molecule is Cc1cc(NC(=O)C2CCN(C(=O)c3ccc(-n4ccnc4)nc3)CC2)no1. The second-order valence-corrected chi connectivity index (χ2v) is 6.75. The van der Waals surface area contributed by atoms with Crippen molar-refractivity contribution in [2.75, 3.05) is 18.4 Å². The number of carbonyl (C=O) groups excluding carboxylic acids is 2. The fourth-order valence-electron chi connectivity index (χ4n) is 3.24. The second-order valence-electron chi connectivity index (χ2n) is 6.75. The minimum absolute atomic E-state index is 0.0735. The van der Waals surface area contributed by atoms with Gasteiger partial charge in [-0.05, 0) is 31.9 Å². The highest BCUT2D eigenvalue weighted by molar-refractivity contribution is 5.95. The summed E-state index contributed by atoms with van der Waals surface area (Å²) in [7, 11) is 0. The van der Waals surface area contributed by atoms with Crippen LogP contribution in [-0.2, 0) is 4.79 Å². The normalized spacial score (nSPS) is 14.8. The van der Waals surface area contributed by atoms with E-state index in [0.29, 0.717) is 48.9 Å². The smallest absolute Gasteiger partial charge is 0.255 e. The molecule has 1 aliphatic heterocycles. The lowest BCUT2D eigenvalue weighted by atomic mass is 9.95. The van der Waals surface area contributed by atoms with E-state index in [0.717, 1.165) is 0 Å². The summed E-state index contributed by atoms with van der Waals surface area (Å²) < 4.78 is 6.73. The lowest BCUT2D eigenvalue weighted by Gasteiger charge is -2.31. The third kappa shape index (κ3) is 3.78. The minimum Gasteiger partial charge on any atom is -0.360 e. The monoisotopic (exact) mass is 380 g/mol. The van der Waals surface area contributed by atoms with Gasteiger partial charge in [0.2, 0.25) is 5.91 Å². The van der Waals surface area contributed by atoms with Gasteiger partial charge in [-0.2, -0.15) is 0 Å². The third-order valence-corrected chi connectivity index (χ3v) is 4.80. The van der Waals surface area contributed by atoms with Crippen LogP contribution in [0.25, 0.3) is 5.82 Å². The Labute approximate surface area is 161 Å². The Balaban J connectivity index is 1.33. The summed E-state index contributed by atoms with van der Waals surface area (Å²) in [4.78, 5) is 35.1. The van der Waals surface area contributed by atoms with Crippen LogP contribution in [0.15, 0.2) is 47.6 Å². The molecule has 0 aliphatic carbocycles. The second kappa shape index (κ2) is 7.63. The van der Waals surface area contributed by atoms with Gasteiger partial charge < -0.3 is 14.7 Å². The zero-order valence-electron chi connectivity index (χ0n) is 15.4. The molecule has 4 heterocycles. The Morgan fingerprint density at radius 2 is 2.07 bits per heavy atom. The molecule has 3 aromatic rings. The molecule has 0 spiro atoms. The molecule has 9 heteroatoms. The van der Waals surface area contributed by atoms with Crippen molar-refractivity contribution < 1.29 is 14.1 Å². The Morgan fingerprint density at radius 1 is 1.25 bits per heavy atom. The first kappa shape index (κ1) is 17.9. The van der Waals surface area contributed by atoms with Crippen LogP contribution in [0.5, 0.6) is 0 Å². The molecule has 0 unspecified atom stereocenters. The molecule has 2 amide bonds. The van der Waals surface area contributed by atoms with Crippen molar-refractivity contribution in [1.29, 1.82) is 0 Å². The van der Waals surface area contributed by atoms with Crippen LogP contribution in [0.3, 0.4) is 0 Å². The number of amides is 2. The van der Waals surface area contributed by atoms with Crippen molar-refractivity contribution >= 4 is 17.6 Å². The fraction of sp³-hybridized carbons (Fsp3) is 0.316. The van der Waals surface area contributed by atoms with Crippen molar-refractivity contribution in [2.45, 2.75) is 19.8 Å². The number of nitrogens with zero attached hydrogens (tertiary/aromatic N) is 5. The molecule has 4 rings (SSSR count). The van der Waals surface area contributed by atoms with Crippen LogP contribution in [0, 0.1) is 12.8 Å². The first-order valence-corrected chi connectivity index (χ1v) is 9.08. The first-order chi connectivity index (χ1) is 13.6. The Kier molecular flexibility index (Phi) is 4.88. The molecule has 9 nitrogen and oxygen atoms in total. The molecule has 0 radical (unpaired) electrons. The number of pyridine rings is 1. The molecule has 0 saturated carbocycles. The summed E-state index contributed by atoms with van der Waals surface area (Å²) in [5, 5.41) is 6.54. The molecule has 1 aliphatic rings. The van der Waals surface area contributed by atoms with Gasteiger partial charge in [-0.1, -0.05) is 5.16 Å². The van der Waals surface area contributed by atoms with Gasteiger partial charge in [-0.3, -0.25) is 14.2 Å². The van der Waals surface area contributed by atoms with E-state index in [2.05, 4.69) is 20.4 Å². The van der Waals surface area contributed by atoms with Gasteiger partial charge in [0, 0.05) is 43.7 Å². The van der Waals surface area contributed by atoms with Crippen molar-refractivity contribution in [3.63, 3.8) is 0 Å². The molecule has 0 bridgehead atoms. The summed E-state index contributed by atoms with van der Waals surface area (Å²) >= 11 is 0. The maximum atomic E-state index is 12.7. The maximum absolute atomic E-state index is 12.7. The molecular formula is C19H20N6O3. The van der Waals surface area contributed by atoms with Gasteiger partial charge >= 0.3 is 0 Å². The largest absolute Gasteiger partial charge is 0.360 e. The topological polar surface area (TPSA) is 106 Å². The predicted octanol–water partition coefficient (Wildman–Crippen LogP) is 2.05. The summed E-state index contributed by atoms with van der Waals surface area (Å²) in [5.74, 6) is 1.45. The van der Waals surface area contributed by atoms with E-state index in [9.17, 15) is 9.59 Å². The Morgan fingerprint density at radius 3 is 2.68 bits per heavy atom. The van der Waals surface area contributed by atoms with Gasteiger partial charge in [-0.15, -0.1) is 0 Å². The number of imidazole rings is 1. The van der Waals surface area contributed by atoms with Crippen LogP contribution in [0.1, 0.15) is 29.0 Å². The number of rotatable bonds is 4. The molecule has 0 aromatic carbocycles. The fourth-order valence-corrected chi connectivity index (χ4v) is 3.24. The number of anilines is 1. The van der Waals surface area contributed by atoms with E-state index in [4.69, 9.17) is 4.52 Å². The molecule has 1 fully saturated rings. The van der Waals surface area contributed by atoms with E-state index >= 15 is 0 Å². The number of hydrogen-bond donors (Lipinski definition) is 1. The average molecular weight is 380 g/mol. The van der Waals surface area contributed by atoms with Crippen LogP contribution in [0.4, 0.5) is 5.82 Å². The molecule has 28 heavy (non-hydrogen) atoms. The molecule has 1 N–H and O–H groups in total. The molecule has 3 aromatic heterocycles. The van der Waals surface area contributed by atoms with Crippen molar-refractivity contribution in [3.8, 4) is 5.82 Å². The lowest BCUT2D eigenvalue weighted by molar-refractivity contribution is -0.121. The molecule has 0 atom stereocenters. The Bertz CT molecular complexity index is 956. The number of piperidine rings is 1. The highest BCUT2D eigenvalue weighted by Gasteiger charge is 2.28. The predicted molar refractivity (Wildman–Crippen MR) is 99.9 cm³/mol. The third-order valence-electron chi connectivity index (χ3n) is 4.80. The van der Waals surface area contributed by atoms with Gasteiger partial charge in [0.05, 0.1) is 5.56 Å². The maximum Gasteiger partial charge on any atom is 0.255 e. The summed E-state index contributed by atoms with van der Waals surface area (Å²) in [6, 6.07) is 5.22. The number of likely N-dealkylation sites (tertiary alicyclic amines) is 1. The van der Waals surface area contributed by atoms with Crippen LogP contribution >= 0.6 is 0 Å². The van der Waals surface area contributed by atoms with Crippen LogP contribution < -0.4 is 5.32 Å². The highest BCUT2D eigenvalue weighted by atomic mass is 16.5. The van der Waals surface area contributed by atoms with E-state index < -0.39 is 0 Å². The average Bonchev–Trinajstić information content (AvgIpc) is 3.40. The summed E-state index contributed by atoms with van der Waals surface area (Å²) in [6.45, 7) is 2.82. The number of aromatic nitrogens is 4. The number of hydrogen-bond acceptors (Lipinski definition) is 6. The quantitative estimate of drug-likeness (QED) is 0.742. The van der Waals surface area contributed by atoms with E-state index in [1.165, 1.54) is 0 Å². The van der Waals surface area contributed by atoms with Crippen molar-refractivity contribution in [2.24, 2.45) is 5.92 Å². The van der Waals surface area contributed by atoms with Gasteiger partial charge in [-0.25, -0.2) is 9.97 Å². The van der Waals surface area contributed by atoms with Crippen molar-refractivity contribution in [3.05, 3.63) is 54.4 Å². The van der Waals surface area contributed by atoms with Crippen LogP contribution in [-0.4, -0.2) is 49.5 Å². The van der Waals surface area contributed by atoms with E-state index in [-0.39, 0.29) is 17.7 Å². The molecular weight excluding hydrogens is 360 g/mol. The van der Waals surface area contributed by atoms with Gasteiger partial charge in [0.1, 0.15) is 17.9 Å². The van der Waals surface area contributed by atoms with E-state index in [1.807, 2.05) is 0 Å². The number of nitrogens with one attached hydrogen (secondary N) is 1. The van der Waals surface area contributed by atoms with E-state index in [1.54, 1.807) is 59.5 Å². The lowest BCUT2D eigenvalue weighted by Crippen LogP contribution is -2.41. The van der Waals surface area contributed by atoms with Crippen molar-refractivity contribution in [1.82, 2.24) is 24.6 Å². The standard InChI is InChI=1S/C19H20N6O3/c1-13-10-16(23-28-13)22-18(26)14-4-7-24(8-5-14)19(27)15-2-3-17(21-11-15)25-9-6-20-12-25/h2-3,6,9-12,14H,4-5,7-8H2,1H3,(H,22,23,26). The summed E-state index contributed by atoms with van der Waals surface area (Å²) in [5.41, 5.74) is 0.532. The number of carbonyl (C=O) groups is 2. The summed E-state index contributed by atoms with van der Waals surface area (Å²) in [6.07, 6.45) is 7.90. The zero-order chi connectivity index (χ0) is 19.5. The van der Waals surface area contributed by atoms with Gasteiger partial charge in [0.15, 0.2) is 5.82 Å². The van der Waals surface area contributed by atoms with Gasteiger partial charge in [0.25, 0.3) is 5.91 Å². The van der Waals surface area contributed by atoms with Crippen LogP contribution in [0.2, 0.25) is 0 Å². The Hall–Kier alpha value is -3.49. The zero-order valence-corrected chi connectivity index (χ0v) is 15.4. The highest BCUT2D eigenvalue weighted by Crippen LogP contribution is 2.21. The minimum atomic E-state index is -0.150.